The maximum absolute atomic E-state index is 12.8. The van der Waals surface area contributed by atoms with Crippen molar-refractivity contribution in [3.8, 4) is 0 Å². The van der Waals surface area contributed by atoms with Crippen LogP contribution in [0, 0.1) is 5.92 Å². The van der Waals surface area contributed by atoms with Gasteiger partial charge in [0.25, 0.3) is 11.8 Å². The van der Waals surface area contributed by atoms with Crippen LogP contribution in [0.25, 0.3) is 5.57 Å². The molecule has 1 aliphatic heterocycles. The lowest BCUT2D eigenvalue weighted by Crippen LogP contribution is -2.34. The summed E-state index contributed by atoms with van der Waals surface area (Å²) in [4.78, 5) is 27.5. The van der Waals surface area contributed by atoms with Crippen LogP contribution in [-0.4, -0.2) is 23.3 Å². The maximum Gasteiger partial charge on any atom is 0.268 e. The van der Waals surface area contributed by atoms with Crippen LogP contribution < -0.4 is 0 Å². The average molecular weight is 341 g/mol. The van der Waals surface area contributed by atoms with Gasteiger partial charge < -0.3 is 4.42 Å². The summed E-state index contributed by atoms with van der Waals surface area (Å²) in [6.45, 7) is 4.42. The van der Waals surface area contributed by atoms with Crippen molar-refractivity contribution in [2.45, 2.75) is 19.6 Å². The first kappa shape index (κ1) is 16.6. The number of hydrogen-bond donors (Lipinski definition) is 0. The molecule has 2 amide bonds. The van der Waals surface area contributed by atoms with Crippen molar-refractivity contribution in [3.05, 3.63) is 65.0 Å². The second kappa shape index (κ2) is 7.09. The highest BCUT2D eigenvalue weighted by atomic mass is 32.2. The quantitative estimate of drug-likeness (QED) is 0.747. The van der Waals surface area contributed by atoms with E-state index in [1.54, 1.807) is 6.26 Å². The Balaban J connectivity index is 1.94. The molecule has 0 saturated heterocycles. The Labute approximate surface area is 145 Å². The van der Waals surface area contributed by atoms with Gasteiger partial charge in [0.1, 0.15) is 5.76 Å². The molecule has 2 heterocycles. The fourth-order valence-electron chi connectivity index (χ4n) is 2.62. The van der Waals surface area contributed by atoms with E-state index in [2.05, 4.69) is 0 Å². The van der Waals surface area contributed by atoms with E-state index in [0.717, 1.165) is 11.3 Å². The number of benzene rings is 1. The number of carbonyl (C=O) groups excluding carboxylic acids is 2. The van der Waals surface area contributed by atoms with Crippen LogP contribution in [0.3, 0.4) is 0 Å². The van der Waals surface area contributed by atoms with Crippen molar-refractivity contribution >= 4 is 29.1 Å². The van der Waals surface area contributed by atoms with Crippen LogP contribution in [0.4, 0.5) is 0 Å². The Morgan fingerprint density at radius 2 is 1.79 bits per heavy atom. The number of carbonyl (C=O) groups is 2. The van der Waals surface area contributed by atoms with E-state index in [0.29, 0.717) is 22.8 Å². The van der Waals surface area contributed by atoms with Crippen LogP contribution in [0.15, 0.2) is 58.1 Å². The van der Waals surface area contributed by atoms with Gasteiger partial charge in [-0.2, -0.15) is 0 Å². The van der Waals surface area contributed by atoms with Gasteiger partial charge in [0.2, 0.25) is 0 Å². The molecule has 0 spiro atoms. The lowest BCUT2D eigenvalue weighted by Gasteiger charge is -2.17. The van der Waals surface area contributed by atoms with Gasteiger partial charge in [0.15, 0.2) is 0 Å². The van der Waals surface area contributed by atoms with E-state index in [9.17, 15) is 9.59 Å². The molecule has 1 aromatic heterocycles. The van der Waals surface area contributed by atoms with Crippen molar-refractivity contribution in [3.63, 3.8) is 0 Å². The summed E-state index contributed by atoms with van der Waals surface area (Å²) in [7, 11) is 0. The van der Waals surface area contributed by atoms with Gasteiger partial charge in [-0.15, -0.1) is 11.8 Å². The molecule has 24 heavy (non-hydrogen) atoms. The summed E-state index contributed by atoms with van der Waals surface area (Å²) in [5.41, 5.74) is 1.28. The lowest BCUT2D eigenvalue weighted by atomic mass is 10.1. The number of amides is 2. The van der Waals surface area contributed by atoms with Gasteiger partial charge in [-0.05, 0) is 23.6 Å². The molecule has 0 saturated carbocycles. The zero-order chi connectivity index (χ0) is 17.1. The third-order valence-electron chi connectivity index (χ3n) is 3.67. The highest BCUT2D eigenvalue weighted by Gasteiger charge is 2.39. The van der Waals surface area contributed by atoms with Crippen molar-refractivity contribution in [1.82, 2.24) is 4.90 Å². The Morgan fingerprint density at radius 1 is 1.04 bits per heavy atom. The molecule has 0 bridgehead atoms. The van der Waals surface area contributed by atoms with Crippen LogP contribution >= 0.6 is 11.8 Å². The third kappa shape index (κ3) is 3.31. The fraction of sp³-hybridized carbons (Fsp3) is 0.263. The number of hydrogen-bond acceptors (Lipinski definition) is 4. The van der Waals surface area contributed by atoms with Gasteiger partial charge in [-0.25, -0.2) is 0 Å². The normalized spacial score (nSPS) is 15.0. The van der Waals surface area contributed by atoms with Crippen molar-refractivity contribution in [1.29, 1.82) is 0 Å². The van der Waals surface area contributed by atoms with Gasteiger partial charge in [0, 0.05) is 6.54 Å². The van der Waals surface area contributed by atoms with Gasteiger partial charge in [-0.3, -0.25) is 14.5 Å². The number of nitrogens with zero attached hydrogens (tertiary/aromatic N) is 1. The van der Waals surface area contributed by atoms with Crippen LogP contribution in [0.2, 0.25) is 0 Å². The summed E-state index contributed by atoms with van der Waals surface area (Å²) in [6.07, 6.45) is 1.61. The number of furan rings is 1. The van der Waals surface area contributed by atoms with Crippen molar-refractivity contribution in [2.24, 2.45) is 5.92 Å². The summed E-state index contributed by atoms with van der Waals surface area (Å²) in [5.74, 6) is 1.12. The first-order chi connectivity index (χ1) is 11.6. The van der Waals surface area contributed by atoms with Crippen molar-refractivity contribution in [2.75, 3.05) is 6.54 Å². The Bertz CT molecular complexity index is 763. The van der Waals surface area contributed by atoms with Crippen LogP contribution in [0.5, 0.6) is 0 Å². The molecule has 0 radical (unpaired) electrons. The van der Waals surface area contributed by atoms with Gasteiger partial charge in [0.05, 0.1) is 22.5 Å². The van der Waals surface area contributed by atoms with Crippen LogP contribution in [-0.2, 0) is 15.3 Å². The molecule has 0 N–H and O–H groups in total. The summed E-state index contributed by atoms with van der Waals surface area (Å²) >= 11 is 1.36. The Morgan fingerprint density at radius 3 is 2.42 bits per heavy atom. The highest BCUT2D eigenvalue weighted by molar-refractivity contribution is 8.03. The first-order valence-corrected chi connectivity index (χ1v) is 8.87. The van der Waals surface area contributed by atoms with E-state index in [-0.39, 0.29) is 17.7 Å². The minimum Gasteiger partial charge on any atom is -0.468 e. The average Bonchev–Trinajstić information content (AvgIpc) is 3.16. The minimum absolute atomic E-state index is 0.205. The first-order valence-electron chi connectivity index (χ1n) is 7.89. The zero-order valence-corrected chi connectivity index (χ0v) is 14.5. The fourth-order valence-corrected chi connectivity index (χ4v) is 3.65. The van der Waals surface area contributed by atoms with E-state index in [1.165, 1.54) is 16.7 Å². The molecule has 0 unspecified atom stereocenters. The van der Waals surface area contributed by atoms with Crippen molar-refractivity contribution < 1.29 is 14.0 Å². The maximum atomic E-state index is 12.8. The lowest BCUT2D eigenvalue weighted by molar-refractivity contribution is -0.137. The molecule has 0 atom stereocenters. The predicted molar refractivity (Wildman–Crippen MR) is 94.9 cm³/mol. The monoisotopic (exact) mass is 341 g/mol. The summed E-state index contributed by atoms with van der Waals surface area (Å²) in [6, 6.07) is 13.1. The van der Waals surface area contributed by atoms with E-state index in [1.807, 2.05) is 56.3 Å². The van der Waals surface area contributed by atoms with Crippen LogP contribution in [0.1, 0.15) is 25.2 Å². The summed E-state index contributed by atoms with van der Waals surface area (Å²) in [5, 5.41) is 0. The highest BCUT2D eigenvalue weighted by Crippen LogP contribution is 2.37. The number of imide groups is 1. The molecule has 0 fully saturated rings. The van der Waals surface area contributed by atoms with Gasteiger partial charge in [-0.1, -0.05) is 44.2 Å². The predicted octanol–water partition coefficient (Wildman–Crippen LogP) is 3.95. The number of rotatable bonds is 6. The second-order valence-corrected chi connectivity index (χ2v) is 7.04. The standard InChI is InChI=1S/C19H19NO3S/c1-13(2)11-20-18(21)16(14-7-4-3-5-8-14)17(19(20)22)24-12-15-9-6-10-23-15/h3-10,13H,11-12H2,1-2H3. The molecule has 5 heteroatoms. The molecular weight excluding hydrogens is 322 g/mol. The molecular formula is C19H19NO3S. The topological polar surface area (TPSA) is 50.5 Å². The molecule has 0 aliphatic carbocycles. The molecule has 4 nitrogen and oxygen atoms in total. The molecule has 2 aromatic rings. The van der Waals surface area contributed by atoms with E-state index < -0.39 is 0 Å². The zero-order valence-electron chi connectivity index (χ0n) is 13.7. The smallest absolute Gasteiger partial charge is 0.268 e. The van der Waals surface area contributed by atoms with E-state index in [4.69, 9.17) is 4.42 Å². The molecule has 1 aromatic carbocycles. The molecule has 3 rings (SSSR count). The Kier molecular flexibility index (Phi) is 4.90. The minimum atomic E-state index is -0.207. The molecule has 1 aliphatic rings. The Hall–Kier alpha value is -2.27. The number of thioether (sulfide) groups is 1. The molecule has 124 valence electrons. The van der Waals surface area contributed by atoms with Gasteiger partial charge >= 0.3 is 0 Å². The third-order valence-corrected chi connectivity index (χ3v) is 4.77. The summed E-state index contributed by atoms with van der Waals surface area (Å²) < 4.78 is 5.33. The SMILES string of the molecule is CC(C)CN1C(=O)C(SCc2ccco2)=C(c2ccccc2)C1=O. The van der Waals surface area contributed by atoms with E-state index >= 15 is 0 Å². The largest absolute Gasteiger partial charge is 0.468 e. The second-order valence-electron chi connectivity index (χ2n) is 6.05.